The summed E-state index contributed by atoms with van der Waals surface area (Å²) < 4.78 is 15.6. The summed E-state index contributed by atoms with van der Waals surface area (Å²) in [4.78, 5) is 41.4. The summed E-state index contributed by atoms with van der Waals surface area (Å²) in [7, 11) is 1.19. The van der Waals surface area contributed by atoms with Gasteiger partial charge in [0.25, 0.3) is 5.56 Å². The second-order valence-corrected chi connectivity index (χ2v) is 8.27. The Balaban J connectivity index is 1.69. The number of rotatable bonds is 6. The summed E-state index contributed by atoms with van der Waals surface area (Å²) in [5.41, 5.74) is 0.132. The second-order valence-electron chi connectivity index (χ2n) is 8.27. The number of nitrogens with one attached hydrogen (secondary N) is 1. The lowest BCUT2D eigenvalue weighted by molar-refractivity contribution is -0.140. The van der Waals surface area contributed by atoms with Gasteiger partial charge in [-0.15, -0.1) is 0 Å². The van der Waals surface area contributed by atoms with Crippen molar-refractivity contribution in [2.75, 3.05) is 13.9 Å². The molecule has 0 unspecified atom stereocenters. The van der Waals surface area contributed by atoms with Crippen molar-refractivity contribution in [2.24, 2.45) is 0 Å². The van der Waals surface area contributed by atoms with Gasteiger partial charge in [-0.3, -0.25) is 14.4 Å². The molecular weight excluding hydrogens is 466 g/mol. The first-order valence-corrected chi connectivity index (χ1v) is 11.1. The number of aromatic hydroxyl groups is 2. The highest BCUT2D eigenvalue weighted by Gasteiger charge is 2.30. The van der Waals surface area contributed by atoms with Gasteiger partial charge in [0, 0.05) is 34.1 Å². The molecule has 0 fully saturated rings. The van der Waals surface area contributed by atoms with Crippen LogP contribution in [0.1, 0.15) is 39.4 Å². The van der Waals surface area contributed by atoms with Crippen LogP contribution in [0.15, 0.2) is 65.5 Å². The number of fused-ring (bicyclic) bond motifs is 2. The Morgan fingerprint density at radius 1 is 1.03 bits per heavy atom. The molecule has 36 heavy (non-hydrogen) atoms. The number of hydrogen-bond acceptors (Lipinski definition) is 8. The fraction of sp³-hybridized carbons (Fsp3) is 0.148. The van der Waals surface area contributed by atoms with Crippen molar-refractivity contribution in [2.45, 2.75) is 12.3 Å². The molecule has 0 bridgehead atoms. The molecule has 9 nitrogen and oxygen atoms in total. The maximum atomic E-state index is 13.2. The van der Waals surface area contributed by atoms with Gasteiger partial charge in [0.1, 0.15) is 11.5 Å². The number of phenolic OH excluding ortho intramolecular Hbond substituents is 2. The van der Waals surface area contributed by atoms with Crippen LogP contribution in [0.4, 0.5) is 0 Å². The highest BCUT2D eigenvalue weighted by atomic mass is 16.7. The van der Waals surface area contributed by atoms with Crippen molar-refractivity contribution in [3.05, 3.63) is 93.3 Å². The average molecular weight is 487 g/mol. The Morgan fingerprint density at radius 2 is 1.75 bits per heavy atom. The topological polar surface area (TPSA) is 135 Å². The van der Waals surface area contributed by atoms with E-state index in [0.29, 0.717) is 28.0 Å². The molecule has 1 atom stereocenters. The summed E-state index contributed by atoms with van der Waals surface area (Å²) in [5.74, 6) is -2.21. The van der Waals surface area contributed by atoms with Crippen molar-refractivity contribution in [1.29, 1.82) is 0 Å². The lowest BCUT2D eigenvalue weighted by Gasteiger charge is -2.20. The molecule has 4 aromatic rings. The molecule has 5 rings (SSSR count). The van der Waals surface area contributed by atoms with Gasteiger partial charge in [0.05, 0.1) is 24.6 Å². The first-order chi connectivity index (χ1) is 17.4. The predicted molar refractivity (Wildman–Crippen MR) is 129 cm³/mol. The van der Waals surface area contributed by atoms with Gasteiger partial charge >= 0.3 is 5.97 Å². The van der Waals surface area contributed by atoms with Crippen LogP contribution in [0.2, 0.25) is 0 Å². The number of ether oxygens (including phenoxy) is 3. The Labute approximate surface area is 204 Å². The summed E-state index contributed by atoms with van der Waals surface area (Å²) in [5, 5.41) is 22.5. The minimum atomic E-state index is -1.13. The third-order valence-electron chi connectivity index (χ3n) is 6.16. The molecule has 9 heteroatoms. The van der Waals surface area contributed by atoms with E-state index < -0.39 is 29.0 Å². The van der Waals surface area contributed by atoms with E-state index in [1.54, 1.807) is 48.5 Å². The third-order valence-corrected chi connectivity index (χ3v) is 6.16. The number of carbonyl (C=O) groups is 2. The van der Waals surface area contributed by atoms with Crippen molar-refractivity contribution in [1.82, 2.24) is 4.98 Å². The van der Waals surface area contributed by atoms with Gasteiger partial charge in [-0.2, -0.15) is 0 Å². The highest BCUT2D eigenvalue weighted by Crippen LogP contribution is 2.43. The number of phenols is 2. The molecule has 1 aliphatic heterocycles. The fourth-order valence-corrected chi connectivity index (χ4v) is 4.36. The molecule has 182 valence electrons. The van der Waals surface area contributed by atoms with Crippen molar-refractivity contribution >= 4 is 22.7 Å². The number of aromatic amines is 1. The average Bonchev–Trinajstić information content (AvgIpc) is 3.34. The van der Waals surface area contributed by atoms with E-state index in [9.17, 15) is 24.6 Å². The number of aromatic nitrogens is 1. The van der Waals surface area contributed by atoms with Gasteiger partial charge < -0.3 is 29.4 Å². The van der Waals surface area contributed by atoms with Crippen LogP contribution in [-0.4, -0.2) is 40.9 Å². The van der Waals surface area contributed by atoms with Crippen LogP contribution in [0.25, 0.3) is 10.9 Å². The molecular formula is C27H21NO8. The quantitative estimate of drug-likeness (QED) is 0.277. The molecule has 1 aromatic heterocycles. The molecule has 0 saturated carbocycles. The molecule has 0 spiro atoms. The van der Waals surface area contributed by atoms with E-state index in [4.69, 9.17) is 14.2 Å². The number of esters is 1. The molecule has 0 amide bonds. The normalized spacial score (nSPS) is 12.9. The van der Waals surface area contributed by atoms with E-state index in [0.717, 1.165) is 0 Å². The molecule has 3 aromatic carbocycles. The number of carbonyl (C=O) groups excluding carboxylic acids is 2. The minimum absolute atomic E-state index is 0.0533. The van der Waals surface area contributed by atoms with Crippen molar-refractivity contribution < 1.29 is 34.0 Å². The SMILES string of the molecule is COC(=O)C[C@@H](c1c(O)ccc(C(=O)c2ccccc2)c1O)c1cc2cc3c(cc2[nH]c1=O)OCO3. The first-order valence-electron chi connectivity index (χ1n) is 11.1. The number of H-pyrrole nitrogens is 1. The summed E-state index contributed by atoms with van der Waals surface area (Å²) in [6.07, 6.45) is -0.375. The molecule has 0 saturated heterocycles. The van der Waals surface area contributed by atoms with Gasteiger partial charge in [-0.25, -0.2) is 0 Å². The lowest BCUT2D eigenvalue weighted by Crippen LogP contribution is -2.20. The fourth-order valence-electron chi connectivity index (χ4n) is 4.36. The van der Waals surface area contributed by atoms with Gasteiger partial charge in [-0.05, 0) is 24.3 Å². The van der Waals surface area contributed by atoms with Crippen LogP contribution in [0.5, 0.6) is 23.0 Å². The smallest absolute Gasteiger partial charge is 0.306 e. The number of hydrogen-bond donors (Lipinski definition) is 3. The largest absolute Gasteiger partial charge is 0.508 e. The van der Waals surface area contributed by atoms with E-state index in [1.165, 1.54) is 19.2 Å². The third kappa shape index (κ3) is 4.00. The second kappa shape index (κ2) is 9.10. The number of ketones is 1. The van der Waals surface area contributed by atoms with Crippen LogP contribution in [-0.2, 0) is 9.53 Å². The monoisotopic (exact) mass is 487 g/mol. The molecule has 0 aliphatic carbocycles. The highest BCUT2D eigenvalue weighted by molar-refractivity contribution is 6.11. The van der Waals surface area contributed by atoms with Crippen LogP contribution < -0.4 is 15.0 Å². The molecule has 0 radical (unpaired) electrons. The number of pyridine rings is 1. The zero-order valence-corrected chi connectivity index (χ0v) is 19.1. The predicted octanol–water partition coefficient (Wildman–Crippen LogP) is 3.59. The van der Waals surface area contributed by atoms with Crippen molar-refractivity contribution in [3.8, 4) is 23.0 Å². The van der Waals surface area contributed by atoms with Gasteiger partial charge in [-0.1, -0.05) is 30.3 Å². The van der Waals surface area contributed by atoms with E-state index in [2.05, 4.69) is 4.98 Å². The Morgan fingerprint density at radius 3 is 2.47 bits per heavy atom. The van der Waals surface area contributed by atoms with E-state index >= 15 is 0 Å². The Hall–Kier alpha value is -4.79. The number of benzene rings is 3. The van der Waals surface area contributed by atoms with E-state index in [1.807, 2.05) is 0 Å². The van der Waals surface area contributed by atoms with Crippen LogP contribution in [0, 0.1) is 0 Å². The minimum Gasteiger partial charge on any atom is -0.508 e. The van der Waals surface area contributed by atoms with E-state index in [-0.39, 0.29) is 35.7 Å². The summed E-state index contributed by atoms with van der Waals surface area (Å²) >= 11 is 0. The molecule has 3 N–H and O–H groups in total. The standard InChI is InChI=1S/C27H21NO8/c1-34-23(30)11-17(18-9-15-10-21-22(36-13-35-21)12-19(15)28-27(18)33)24-20(29)8-7-16(26(24)32)25(31)14-5-3-2-4-6-14/h2-10,12,17,29,32H,11,13H2,1H3,(H,28,33)/t17-/m1/s1. The molecule has 2 heterocycles. The number of methoxy groups -OCH3 is 1. The Bertz CT molecular complexity index is 1560. The van der Waals surface area contributed by atoms with Gasteiger partial charge in [0.2, 0.25) is 6.79 Å². The van der Waals surface area contributed by atoms with Crippen LogP contribution in [0.3, 0.4) is 0 Å². The van der Waals surface area contributed by atoms with Crippen LogP contribution >= 0.6 is 0 Å². The maximum absolute atomic E-state index is 13.2. The Kier molecular flexibility index (Phi) is 5.81. The zero-order chi connectivity index (χ0) is 25.4. The summed E-state index contributed by atoms with van der Waals surface area (Å²) in [6.45, 7) is 0.0533. The first kappa shape index (κ1) is 23.0. The molecule has 1 aliphatic rings. The maximum Gasteiger partial charge on any atom is 0.306 e. The lowest BCUT2D eigenvalue weighted by atomic mass is 9.85. The summed E-state index contributed by atoms with van der Waals surface area (Å²) in [6, 6.07) is 15.7. The zero-order valence-electron chi connectivity index (χ0n) is 19.1. The van der Waals surface area contributed by atoms with Gasteiger partial charge in [0.15, 0.2) is 17.3 Å². The van der Waals surface area contributed by atoms with Crippen molar-refractivity contribution in [3.63, 3.8) is 0 Å².